The van der Waals surface area contributed by atoms with E-state index in [2.05, 4.69) is 54.7 Å². The maximum atomic E-state index is 11.2. The summed E-state index contributed by atoms with van der Waals surface area (Å²) in [7, 11) is 0. The number of benzene rings is 1. The van der Waals surface area contributed by atoms with E-state index in [-0.39, 0.29) is 5.78 Å². The Bertz CT molecular complexity index is 786. The minimum absolute atomic E-state index is 0.238. The van der Waals surface area contributed by atoms with Gasteiger partial charge in [-0.3, -0.25) is 0 Å². The van der Waals surface area contributed by atoms with Gasteiger partial charge in [0.2, 0.25) is 0 Å². The van der Waals surface area contributed by atoms with Crippen LogP contribution in [0.2, 0.25) is 0 Å². The van der Waals surface area contributed by atoms with Crippen LogP contribution in [0.4, 0.5) is 0 Å². The fourth-order valence-corrected chi connectivity index (χ4v) is 2.55. The normalized spacial score (nSPS) is 11.6. The maximum Gasteiger partial charge on any atom is 0.317 e. The fourth-order valence-electron chi connectivity index (χ4n) is 2.55. The van der Waals surface area contributed by atoms with E-state index in [9.17, 15) is 4.79 Å². The van der Waals surface area contributed by atoms with Gasteiger partial charge < -0.3 is 9.53 Å². The molecule has 0 fully saturated rings. The van der Waals surface area contributed by atoms with Crippen molar-refractivity contribution < 1.29 is 9.53 Å². The molecule has 0 saturated heterocycles. The lowest BCUT2D eigenvalue weighted by Crippen LogP contribution is -2.07. The Hall–Kier alpha value is -2.67. The van der Waals surface area contributed by atoms with Crippen LogP contribution in [0.15, 0.2) is 36.5 Å². The van der Waals surface area contributed by atoms with Crippen LogP contribution >= 0.6 is 0 Å². The van der Waals surface area contributed by atoms with E-state index < -0.39 is 0 Å². The smallest absolute Gasteiger partial charge is 0.317 e. The fraction of sp³-hybridized carbons (Fsp3) is 0.409. The number of hydrogen-bond donors (Lipinski definition) is 0. The topological polar surface area (TPSA) is 52.1 Å². The number of aromatic nitrogens is 2. The van der Waals surface area contributed by atoms with Gasteiger partial charge in [0, 0.05) is 18.2 Å². The van der Waals surface area contributed by atoms with E-state index in [1.807, 2.05) is 12.1 Å². The van der Waals surface area contributed by atoms with Crippen LogP contribution < -0.4 is 4.74 Å². The quantitative estimate of drug-likeness (QED) is 0.706. The first kappa shape index (κ1) is 19.7. The van der Waals surface area contributed by atoms with Gasteiger partial charge in [0.1, 0.15) is 11.5 Å². The Balaban J connectivity index is 1.99. The molecule has 1 aromatic heterocycles. The van der Waals surface area contributed by atoms with E-state index in [4.69, 9.17) is 4.74 Å². The van der Waals surface area contributed by atoms with Gasteiger partial charge in [-0.25, -0.2) is 4.98 Å². The van der Waals surface area contributed by atoms with E-state index in [1.54, 1.807) is 19.2 Å². The highest BCUT2D eigenvalue weighted by Crippen LogP contribution is 2.13. The molecule has 2 rings (SSSR count). The van der Waals surface area contributed by atoms with E-state index in [0.29, 0.717) is 36.6 Å². The second kappa shape index (κ2) is 9.72. The van der Waals surface area contributed by atoms with Crippen LogP contribution in [0, 0.1) is 23.7 Å². The monoisotopic (exact) mass is 350 g/mol. The minimum Gasteiger partial charge on any atom is -0.463 e. The first-order chi connectivity index (χ1) is 12.4. The second-order valence-electron chi connectivity index (χ2n) is 7.09. The number of carbonyl (C=O) groups excluding carboxylic acids is 1. The van der Waals surface area contributed by atoms with Crippen molar-refractivity contribution in [2.75, 3.05) is 6.61 Å². The van der Waals surface area contributed by atoms with Crippen molar-refractivity contribution in [3.8, 4) is 17.9 Å². The third-order valence-corrected chi connectivity index (χ3v) is 3.69. The van der Waals surface area contributed by atoms with E-state index in [0.717, 1.165) is 12.0 Å². The number of nitrogens with zero attached hydrogens (tertiary/aromatic N) is 2. The molecule has 136 valence electrons. The molecule has 1 heterocycles. The van der Waals surface area contributed by atoms with Crippen molar-refractivity contribution in [1.82, 2.24) is 9.97 Å². The zero-order valence-corrected chi connectivity index (χ0v) is 16.0. The predicted molar refractivity (Wildman–Crippen MR) is 103 cm³/mol. The van der Waals surface area contributed by atoms with Crippen molar-refractivity contribution >= 4 is 5.78 Å². The number of rotatable bonds is 7. The van der Waals surface area contributed by atoms with Crippen molar-refractivity contribution in [3.63, 3.8) is 0 Å². The lowest BCUT2D eigenvalue weighted by molar-refractivity contribution is -0.117. The predicted octanol–water partition coefficient (Wildman–Crippen LogP) is 4.07. The van der Waals surface area contributed by atoms with Gasteiger partial charge in [0.15, 0.2) is 0 Å². The summed E-state index contributed by atoms with van der Waals surface area (Å²) in [4.78, 5) is 19.6. The van der Waals surface area contributed by atoms with Gasteiger partial charge in [-0.1, -0.05) is 38.8 Å². The Morgan fingerprint density at radius 1 is 1.12 bits per heavy atom. The van der Waals surface area contributed by atoms with Crippen molar-refractivity contribution in [1.29, 1.82) is 0 Å². The third kappa shape index (κ3) is 7.06. The average Bonchev–Trinajstić information content (AvgIpc) is 2.59. The summed E-state index contributed by atoms with van der Waals surface area (Å²) in [5, 5.41) is 0. The number of ketones is 1. The number of ether oxygens (including phenoxy) is 1. The van der Waals surface area contributed by atoms with Gasteiger partial charge in [-0.2, -0.15) is 4.98 Å². The molecule has 2 aromatic rings. The third-order valence-electron chi connectivity index (χ3n) is 3.69. The molecule has 1 aromatic carbocycles. The molecule has 0 amide bonds. The SMILES string of the molecule is CC(=O)CC(C)Cc1ccc(C#Cc2ccnc(OCC(C)C)n2)cc1. The van der Waals surface area contributed by atoms with Crippen molar-refractivity contribution in [2.24, 2.45) is 11.8 Å². The summed E-state index contributed by atoms with van der Waals surface area (Å²) in [6.07, 6.45) is 3.18. The molecule has 4 nitrogen and oxygen atoms in total. The lowest BCUT2D eigenvalue weighted by Gasteiger charge is -2.09. The van der Waals surface area contributed by atoms with Crippen LogP contribution in [0.5, 0.6) is 6.01 Å². The Kier molecular flexibility index (Phi) is 7.35. The number of carbonyl (C=O) groups is 1. The molecule has 0 spiro atoms. The maximum absolute atomic E-state index is 11.2. The molecule has 0 aliphatic rings. The van der Waals surface area contributed by atoms with Gasteiger partial charge in [0.05, 0.1) is 6.61 Å². The molecule has 26 heavy (non-hydrogen) atoms. The Morgan fingerprint density at radius 2 is 1.85 bits per heavy atom. The molecule has 0 N–H and O–H groups in total. The highest BCUT2D eigenvalue weighted by Gasteiger charge is 2.06. The number of Topliss-reactive ketones (excluding diaryl/α,β-unsaturated/α-hetero) is 1. The molecule has 0 radical (unpaired) electrons. The highest BCUT2D eigenvalue weighted by atomic mass is 16.5. The van der Waals surface area contributed by atoms with Crippen LogP contribution in [-0.2, 0) is 11.2 Å². The first-order valence-corrected chi connectivity index (χ1v) is 8.98. The summed E-state index contributed by atoms with van der Waals surface area (Å²) in [6, 6.07) is 10.3. The molecule has 1 atom stereocenters. The van der Waals surface area contributed by atoms with Crippen LogP contribution in [-0.4, -0.2) is 22.4 Å². The standard InChI is InChI=1S/C22H26N2O2/c1-16(2)15-26-22-23-12-11-21(24-22)10-9-19-5-7-20(8-6-19)14-17(3)13-18(4)25/h5-8,11-12,16-17H,13-15H2,1-4H3. The molecule has 0 bridgehead atoms. The lowest BCUT2D eigenvalue weighted by atomic mass is 9.96. The summed E-state index contributed by atoms with van der Waals surface area (Å²) in [5.74, 6) is 7.18. The number of hydrogen-bond acceptors (Lipinski definition) is 4. The van der Waals surface area contributed by atoms with Gasteiger partial charge in [0.25, 0.3) is 0 Å². The van der Waals surface area contributed by atoms with Crippen LogP contribution in [0.25, 0.3) is 0 Å². The Labute approximate surface area is 156 Å². The molecule has 0 aliphatic carbocycles. The molecule has 0 saturated carbocycles. The molecular weight excluding hydrogens is 324 g/mol. The zero-order valence-electron chi connectivity index (χ0n) is 16.0. The zero-order chi connectivity index (χ0) is 18.9. The largest absolute Gasteiger partial charge is 0.463 e. The second-order valence-corrected chi connectivity index (χ2v) is 7.09. The van der Waals surface area contributed by atoms with Gasteiger partial charge in [-0.05, 0) is 54.9 Å². The average molecular weight is 350 g/mol. The van der Waals surface area contributed by atoms with Gasteiger partial charge in [-0.15, -0.1) is 0 Å². The van der Waals surface area contributed by atoms with Crippen molar-refractivity contribution in [3.05, 3.63) is 53.3 Å². The highest BCUT2D eigenvalue weighted by molar-refractivity contribution is 5.75. The van der Waals surface area contributed by atoms with Gasteiger partial charge >= 0.3 is 6.01 Å². The first-order valence-electron chi connectivity index (χ1n) is 8.98. The summed E-state index contributed by atoms with van der Waals surface area (Å²) < 4.78 is 5.53. The summed E-state index contributed by atoms with van der Waals surface area (Å²) in [6.45, 7) is 8.48. The van der Waals surface area contributed by atoms with E-state index >= 15 is 0 Å². The molecule has 4 heteroatoms. The van der Waals surface area contributed by atoms with Crippen LogP contribution in [0.1, 0.15) is 50.9 Å². The van der Waals surface area contributed by atoms with Crippen LogP contribution in [0.3, 0.4) is 0 Å². The Morgan fingerprint density at radius 3 is 2.50 bits per heavy atom. The molecule has 0 aliphatic heterocycles. The minimum atomic E-state index is 0.238. The molecular formula is C22H26N2O2. The summed E-state index contributed by atoms with van der Waals surface area (Å²) in [5.41, 5.74) is 2.78. The molecule has 1 unspecified atom stereocenters. The van der Waals surface area contributed by atoms with E-state index in [1.165, 1.54) is 5.56 Å². The summed E-state index contributed by atoms with van der Waals surface area (Å²) >= 11 is 0. The van der Waals surface area contributed by atoms with Crippen molar-refractivity contribution in [2.45, 2.75) is 40.5 Å².